The molecule has 9 heavy (non-hydrogen) atoms. The molecule has 1 aliphatic carbocycles. The van der Waals surface area contributed by atoms with E-state index in [1.165, 1.54) is 0 Å². The largest absolute Gasteiger partial charge is 0.294 e. The lowest BCUT2D eigenvalue weighted by Gasteiger charge is -2.31. The molecule has 0 saturated heterocycles. The zero-order chi connectivity index (χ0) is 6.85. The highest BCUT2D eigenvalue weighted by Crippen LogP contribution is 2.33. The van der Waals surface area contributed by atoms with E-state index in [4.69, 9.17) is 5.84 Å². The van der Waals surface area contributed by atoms with Gasteiger partial charge in [-0.2, -0.15) is 0 Å². The molecule has 52 valence electrons. The number of carbonyl (C=O) groups is 1. The number of amides is 1. The van der Waals surface area contributed by atoms with Crippen molar-refractivity contribution in [2.45, 2.75) is 19.8 Å². The third-order valence-corrected chi connectivity index (χ3v) is 2.10. The van der Waals surface area contributed by atoms with Crippen LogP contribution in [0.2, 0.25) is 0 Å². The molecule has 2 atom stereocenters. The first-order chi connectivity index (χ1) is 4.25. The minimum Gasteiger partial charge on any atom is -0.294 e. The molecule has 0 aromatic heterocycles. The van der Waals surface area contributed by atoms with Crippen molar-refractivity contribution in [3.63, 3.8) is 0 Å². The van der Waals surface area contributed by atoms with Crippen LogP contribution in [0, 0.1) is 11.8 Å². The van der Waals surface area contributed by atoms with E-state index >= 15 is 0 Å². The van der Waals surface area contributed by atoms with Gasteiger partial charge >= 0.3 is 0 Å². The molecule has 0 bridgehead atoms. The maximum Gasteiger partial charge on any atom is 0.237 e. The van der Waals surface area contributed by atoms with Crippen LogP contribution in [0.25, 0.3) is 0 Å². The number of hydrogen-bond donors (Lipinski definition) is 2. The van der Waals surface area contributed by atoms with Crippen molar-refractivity contribution in [1.29, 1.82) is 0 Å². The number of nitrogens with two attached hydrogens (primary N) is 1. The number of hydrazine groups is 1. The predicted molar refractivity (Wildman–Crippen MR) is 34.2 cm³/mol. The molecular formula is C6H12N2O. The van der Waals surface area contributed by atoms with Crippen LogP contribution in [-0.2, 0) is 4.79 Å². The van der Waals surface area contributed by atoms with Gasteiger partial charge < -0.3 is 0 Å². The van der Waals surface area contributed by atoms with Crippen molar-refractivity contribution in [1.82, 2.24) is 5.43 Å². The van der Waals surface area contributed by atoms with Crippen LogP contribution in [0.3, 0.4) is 0 Å². The minimum atomic E-state index is -0.00579. The molecule has 0 heterocycles. The van der Waals surface area contributed by atoms with Gasteiger partial charge in [-0.25, -0.2) is 5.84 Å². The van der Waals surface area contributed by atoms with E-state index in [-0.39, 0.29) is 11.8 Å². The third kappa shape index (κ3) is 1.05. The molecule has 0 radical (unpaired) electrons. The Hall–Kier alpha value is -0.570. The first-order valence-electron chi connectivity index (χ1n) is 3.26. The number of nitrogens with one attached hydrogen (secondary N) is 1. The van der Waals surface area contributed by atoms with Gasteiger partial charge in [0.05, 0.1) is 0 Å². The monoisotopic (exact) mass is 128 g/mol. The van der Waals surface area contributed by atoms with Gasteiger partial charge in [0.1, 0.15) is 0 Å². The summed E-state index contributed by atoms with van der Waals surface area (Å²) >= 11 is 0. The molecule has 0 aliphatic heterocycles. The Labute approximate surface area is 54.6 Å². The Morgan fingerprint density at radius 1 is 1.67 bits per heavy atom. The summed E-state index contributed by atoms with van der Waals surface area (Å²) in [6.45, 7) is 2.07. The van der Waals surface area contributed by atoms with Gasteiger partial charge in [-0.15, -0.1) is 0 Å². The van der Waals surface area contributed by atoms with Crippen LogP contribution in [0.5, 0.6) is 0 Å². The van der Waals surface area contributed by atoms with Gasteiger partial charge in [-0.3, -0.25) is 10.2 Å². The van der Waals surface area contributed by atoms with E-state index in [1.54, 1.807) is 0 Å². The van der Waals surface area contributed by atoms with Gasteiger partial charge in [-0.1, -0.05) is 6.92 Å². The fourth-order valence-electron chi connectivity index (χ4n) is 1.16. The van der Waals surface area contributed by atoms with E-state index < -0.39 is 0 Å². The highest BCUT2D eigenvalue weighted by molar-refractivity contribution is 5.79. The van der Waals surface area contributed by atoms with Gasteiger partial charge in [0, 0.05) is 5.92 Å². The van der Waals surface area contributed by atoms with Crippen LogP contribution in [0.4, 0.5) is 0 Å². The van der Waals surface area contributed by atoms with E-state index in [0.29, 0.717) is 5.92 Å². The molecule has 3 N–H and O–H groups in total. The highest BCUT2D eigenvalue weighted by Gasteiger charge is 2.32. The summed E-state index contributed by atoms with van der Waals surface area (Å²) in [4.78, 5) is 10.8. The second-order valence-electron chi connectivity index (χ2n) is 2.67. The lowest BCUT2D eigenvalue weighted by molar-refractivity contribution is -0.129. The second kappa shape index (κ2) is 2.35. The van der Waals surface area contributed by atoms with Crippen molar-refractivity contribution < 1.29 is 4.79 Å². The highest BCUT2D eigenvalue weighted by atomic mass is 16.2. The number of carbonyl (C=O) groups excluding carboxylic acids is 1. The zero-order valence-corrected chi connectivity index (χ0v) is 5.55. The smallest absolute Gasteiger partial charge is 0.237 e. The summed E-state index contributed by atoms with van der Waals surface area (Å²) in [5, 5.41) is 0. The molecule has 0 aromatic carbocycles. The number of hydrogen-bond acceptors (Lipinski definition) is 2. The molecule has 3 heteroatoms. The summed E-state index contributed by atoms with van der Waals surface area (Å²) in [5.41, 5.74) is 2.16. The first kappa shape index (κ1) is 6.55. The SMILES string of the molecule is C[C@H]1CC[C@H]1C(=O)NN. The molecule has 0 unspecified atom stereocenters. The molecule has 1 saturated carbocycles. The topological polar surface area (TPSA) is 55.1 Å². The van der Waals surface area contributed by atoms with Crippen molar-refractivity contribution in [3.05, 3.63) is 0 Å². The Bertz CT molecular complexity index is 124. The zero-order valence-electron chi connectivity index (χ0n) is 5.55. The molecular weight excluding hydrogens is 116 g/mol. The summed E-state index contributed by atoms with van der Waals surface area (Å²) < 4.78 is 0. The van der Waals surface area contributed by atoms with E-state index in [1.807, 2.05) is 0 Å². The lowest BCUT2D eigenvalue weighted by atomic mass is 9.74. The number of rotatable bonds is 1. The lowest BCUT2D eigenvalue weighted by Crippen LogP contribution is -2.42. The van der Waals surface area contributed by atoms with E-state index in [2.05, 4.69) is 12.3 Å². The first-order valence-corrected chi connectivity index (χ1v) is 3.26. The minimum absolute atomic E-state index is 0.00579. The van der Waals surface area contributed by atoms with Crippen LogP contribution in [-0.4, -0.2) is 5.91 Å². The Morgan fingerprint density at radius 3 is 2.44 bits per heavy atom. The Morgan fingerprint density at radius 2 is 2.33 bits per heavy atom. The maximum absolute atomic E-state index is 10.8. The van der Waals surface area contributed by atoms with Crippen LogP contribution >= 0.6 is 0 Å². The van der Waals surface area contributed by atoms with Crippen molar-refractivity contribution >= 4 is 5.91 Å². The third-order valence-electron chi connectivity index (χ3n) is 2.10. The molecule has 0 aromatic rings. The molecule has 1 fully saturated rings. The quantitative estimate of drug-likeness (QED) is 0.297. The second-order valence-corrected chi connectivity index (χ2v) is 2.67. The van der Waals surface area contributed by atoms with E-state index in [9.17, 15) is 4.79 Å². The normalized spacial score (nSPS) is 33.1. The molecule has 1 amide bonds. The van der Waals surface area contributed by atoms with Crippen molar-refractivity contribution in [3.8, 4) is 0 Å². The maximum atomic E-state index is 10.8. The Kier molecular flexibility index (Phi) is 1.71. The van der Waals surface area contributed by atoms with Crippen LogP contribution < -0.4 is 11.3 Å². The Balaban J connectivity index is 2.35. The van der Waals surface area contributed by atoms with Gasteiger partial charge in [-0.05, 0) is 18.8 Å². The van der Waals surface area contributed by atoms with Crippen LogP contribution in [0.15, 0.2) is 0 Å². The molecule has 1 aliphatic rings. The fraction of sp³-hybridized carbons (Fsp3) is 0.833. The van der Waals surface area contributed by atoms with Gasteiger partial charge in [0.25, 0.3) is 0 Å². The van der Waals surface area contributed by atoms with E-state index in [0.717, 1.165) is 12.8 Å². The summed E-state index contributed by atoms with van der Waals surface area (Å²) in [5.74, 6) is 5.66. The molecule has 0 spiro atoms. The van der Waals surface area contributed by atoms with Crippen molar-refractivity contribution in [2.24, 2.45) is 17.7 Å². The average molecular weight is 128 g/mol. The van der Waals surface area contributed by atoms with Crippen molar-refractivity contribution in [2.75, 3.05) is 0 Å². The average Bonchev–Trinajstić information content (AvgIpc) is 1.84. The summed E-state index contributed by atoms with van der Waals surface area (Å²) in [7, 11) is 0. The van der Waals surface area contributed by atoms with Gasteiger partial charge in [0.2, 0.25) is 5.91 Å². The fourth-order valence-corrected chi connectivity index (χ4v) is 1.16. The molecule has 1 rings (SSSR count). The summed E-state index contributed by atoms with van der Waals surface area (Å²) in [6.07, 6.45) is 2.17. The molecule has 3 nitrogen and oxygen atoms in total. The standard InChI is InChI=1S/C6H12N2O/c1-4-2-3-5(4)6(9)8-7/h4-5H,2-3,7H2,1H3,(H,8,9)/t4-,5+/m0/s1. The van der Waals surface area contributed by atoms with Crippen LogP contribution in [0.1, 0.15) is 19.8 Å². The summed E-state index contributed by atoms with van der Waals surface area (Å²) in [6, 6.07) is 0. The predicted octanol–water partition coefficient (Wildman–Crippen LogP) is 0.0224. The van der Waals surface area contributed by atoms with Gasteiger partial charge in [0.15, 0.2) is 0 Å².